The molecule has 21 heavy (non-hydrogen) atoms. The van der Waals surface area contributed by atoms with Gasteiger partial charge in [-0.25, -0.2) is 0 Å². The third-order valence-electron chi connectivity index (χ3n) is 7.09. The van der Waals surface area contributed by atoms with E-state index in [1.807, 2.05) is 0 Å². The molecule has 3 aliphatic rings. The molecule has 1 atom stereocenters. The first-order chi connectivity index (χ1) is 10.2. The largest absolute Gasteiger partial charge is 0.329 e. The Balaban J connectivity index is 1.54. The fourth-order valence-corrected chi connectivity index (χ4v) is 5.44. The maximum atomic E-state index is 6.20. The monoisotopic (exact) mass is 292 g/mol. The van der Waals surface area contributed by atoms with Crippen molar-refractivity contribution in [2.75, 3.05) is 19.6 Å². The Hall–Kier alpha value is -0.0800. The number of nitrogens with two attached hydrogens (primary N) is 1. The molecule has 1 spiro atoms. The topological polar surface area (TPSA) is 29.3 Å². The lowest BCUT2D eigenvalue weighted by atomic mass is 9.67. The summed E-state index contributed by atoms with van der Waals surface area (Å²) < 4.78 is 0. The number of piperidine rings is 1. The third kappa shape index (κ3) is 3.64. The van der Waals surface area contributed by atoms with E-state index in [1.54, 1.807) is 0 Å². The molecule has 2 aliphatic carbocycles. The molecule has 1 unspecified atom stereocenters. The number of rotatable bonds is 3. The van der Waals surface area contributed by atoms with Crippen molar-refractivity contribution in [2.45, 2.75) is 83.6 Å². The molecule has 0 radical (unpaired) electrons. The lowest BCUT2D eigenvalue weighted by Gasteiger charge is -2.48. The van der Waals surface area contributed by atoms with Crippen molar-refractivity contribution in [3.8, 4) is 0 Å². The van der Waals surface area contributed by atoms with Crippen LogP contribution in [0.5, 0.6) is 0 Å². The lowest BCUT2D eigenvalue weighted by Crippen LogP contribution is -2.51. The molecule has 3 fully saturated rings. The van der Waals surface area contributed by atoms with E-state index in [-0.39, 0.29) is 0 Å². The van der Waals surface area contributed by atoms with Crippen molar-refractivity contribution in [1.82, 2.24) is 4.90 Å². The van der Waals surface area contributed by atoms with Gasteiger partial charge in [-0.2, -0.15) is 0 Å². The van der Waals surface area contributed by atoms with Gasteiger partial charge in [0.25, 0.3) is 0 Å². The predicted molar refractivity (Wildman–Crippen MR) is 90.3 cm³/mol. The molecular formula is C19H36N2. The van der Waals surface area contributed by atoms with Crippen molar-refractivity contribution >= 4 is 0 Å². The van der Waals surface area contributed by atoms with Crippen LogP contribution >= 0.6 is 0 Å². The van der Waals surface area contributed by atoms with Crippen LogP contribution < -0.4 is 5.73 Å². The van der Waals surface area contributed by atoms with Gasteiger partial charge in [-0.05, 0) is 68.9 Å². The summed E-state index contributed by atoms with van der Waals surface area (Å²) in [7, 11) is 0. The number of likely N-dealkylation sites (tertiary alicyclic amines) is 1. The molecule has 1 heterocycles. The van der Waals surface area contributed by atoms with Crippen LogP contribution in [-0.4, -0.2) is 30.6 Å². The first kappa shape index (κ1) is 15.8. The average molecular weight is 293 g/mol. The summed E-state index contributed by atoms with van der Waals surface area (Å²) in [6.07, 6.45) is 16.1. The number of hydrogen-bond acceptors (Lipinski definition) is 2. The van der Waals surface area contributed by atoms with E-state index < -0.39 is 0 Å². The first-order valence-electron chi connectivity index (χ1n) is 9.67. The van der Waals surface area contributed by atoms with Crippen LogP contribution in [0.3, 0.4) is 0 Å². The van der Waals surface area contributed by atoms with E-state index in [9.17, 15) is 0 Å². The maximum absolute atomic E-state index is 6.20. The highest BCUT2D eigenvalue weighted by atomic mass is 15.2. The lowest BCUT2D eigenvalue weighted by molar-refractivity contribution is 0.0226. The summed E-state index contributed by atoms with van der Waals surface area (Å²) in [5.41, 5.74) is 6.93. The second kappa shape index (κ2) is 7.00. The summed E-state index contributed by atoms with van der Waals surface area (Å²) in [5, 5.41) is 0. The molecule has 0 aromatic heterocycles. The van der Waals surface area contributed by atoms with E-state index in [4.69, 9.17) is 5.73 Å². The molecule has 3 rings (SSSR count). The molecule has 0 aromatic carbocycles. The SMILES string of the molecule is CC1CCC(C(CN)N2CCC3(CCCCC3)CC2)CC1. The molecule has 1 saturated heterocycles. The Morgan fingerprint density at radius 3 is 2.14 bits per heavy atom. The van der Waals surface area contributed by atoms with Crippen molar-refractivity contribution in [3.05, 3.63) is 0 Å². The van der Waals surface area contributed by atoms with Gasteiger partial charge in [-0.15, -0.1) is 0 Å². The maximum Gasteiger partial charge on any atom is 0.0246 e. The highest BCUT2D eigenvalue weighted by Crippen LogP contribution is 2.45. The normalized spacial score (nSPS) is 35.7. The minimum absolute atomic E-state index is 0.679. The zero-order valence-corrected chi connectivity index (χ0v) is 14.2. The summed E-state index contributed by atoms with van der Waals surface area (Å²) in [6, 6.07) is 0.679. The molecular weight excluding hydrogens is 256 g/mol. The number of nitrogens with zero attached hydrogens (tertiary/aromatic N) is 1. The van der Waals surface area contributed by atoms with Gasteiger partial charge in [0.1, 0.15) is 0 Å². The standard InChI is InChI=1S/C19H36N2/c1-16-5-7-17(8-6-16)18(15-20)21-13-11-19(12-14-21)9-3-2-4-10-19/h16-18H,2-15,20H2,1H3. The summed E-state index contributed by atoms with van der Waals surface area (Å²) in [6.45, 7) is 5.95. The zero-order chi connectivity index (χ0) is 14.7. The smallest absolute Gasteiger partial charge is 0.0246 e. The van der Waals surface area contributed by atoms with Crippen LogP contribution in [0.4, 0.5) is 0 Å². The highest BCUT2D eigenvalue weighted by Gasteiger charge is 2.38. The highest BCUT2D eigenvalue weighted by molar-refractivity contribution is 4.92. The summed E-state index contributed by atoms with van der Waals surface area (Å²) in [5.74, 6) is 1.83. The molecule has 122 valence electrons. The molecule has 1 aliphatic heterocycles. The Morgan fingerprint density at radius 2 is 1.57 bits per heavy atom. The van der Waals surface area contributed by atoms with E-state index >= 15 is 0 Å². The fraction of sp³-hybridized carbons (Fsp3) is 1.00. The summed E-state index contributed by atoms with van der Waals surface area (Å²) in [4.78, 5) is 2.78. The van der Waals surface area contributed by atoms with Crippen LogP contribution in [0, 0.1) is 17.3 Å². The molecule has 2 N–H and O–H groups in total. The quantitative estimate of drug-likeness (QED) is 0.845. The van der Waals surface area contributed by atoms with Crippen molar-refractivity contribution < 1.29 is 0 Å². The van der Waals surface area contributed by atoms with E-state index in [1.165, 1.54) is 83.7 Å². The molecule has 2 nitrogen and oxygen atoms in total. The molecule has 2 saturated carbocycles. The summed E-state index contributed by atoms with van der Waals surface area (Å²) >= 11 is 0. The Kier molecular flexibility index (Phi) is 5.27. The van der Waals surface area contributed by atoms with Gasteiger partial charge < -0.3 is 5.73 Å². The van der Waals surface area contributed by atoms with Gasteiger partial charge >= 0.3 is 0 Å². The molecule has 0 aromatic rings. The Bertz CT molecular complexity index is 304. The van der Waals surface area contributed by atoms with Crippen molar-refractivity contribution in [1.29, 1.82) is 0 Å². The van der Waals surface area contributed by atoms with Crippen molar-refractivity contribution in [3.63, 3.8) is 0 Å². The van der Waals surface area contributed by atoms with Gasteiger partial charge in [-0.1, -0.05) is 39.0 Å². The molecule has 0 amide bonds. The first-order valence-corrected chi connectivity index (χ1v) is 9.67. The minimum atomic E-state index is 0.679. The minimum Gasteiger partial charge on any atom is -0.329 e. The van der Waals surface area contributed by atoms with Crippen LogP contribution in [0.1, 0.15) is 77.6 Å². The molecule has 0 bridgehead atoms. The van der Waals surface area contributed by atoms with Gasteiger partial charge in [0.05, 0.1) is 0 Å². The Morgan fingerprint density at radius 1 is 0.952 bits per heavy atom. The predicted octanol–water partition coefficient (Wildman–Crippen LogP) is 4.19. The van der Waals surface area contributed by atoms with Crippen LogP contribution in [0.15, 0.2) is 0 Å². The Labute approximate surface area is 131 Å². The van der Waals surface area contributed by atoms with Crippen LogP contribution in [0.25, 0.3) is 0 Å². The van der Waals surface area contributed by atoms with Gasteiger partial charge in [0.2, 0.25) is 0 Å². The van der Waals surface area contributed by atoms with E-state index in [0.29, 0.717) is 6.04 Å². The average Bonchev–Trinajstić information content (AvgIpc) is 2.53. The van der Waals surface area contributed by atoms with Crippen molar-refractivity contribution in [2.24, 2.45) is 23.0 Å². The van der Waals surface area contributed by atoms with E-state index in [2.05, 4.69) is 11.8 Å². The number of hydrogen-bond donors (Lipinski definition) is 1. The van der Waals surface area contributed by atoms with Gasteiger partial charge in [-0.3, -0.25) is 4.90 Å². The third-order valence-corrected chi connectivity index (χ3v) is 7.09. The van der Waals surface area contributed by atoms with Crippen LogP contribution in [0.2, 0.25) is 0 Å². The van der Waals surface area contributed by atoms with E-state index in [0.717, 1.165) is 23.8 Å². The van der Waals surface area contributed by atoms with Gasteiger partial charge in [0.15, 0.2) is 0 Å². The molecule has 2 heteroatoms. The second-order valence-electron chi connectivity index (χ2n) is 8.42. The fourth-order valence-electron chi connectivity index (χ4n) is 5.44. The zero-order valence-electron chi connectivity index (χ0n) is 14.2. The van der Waals surface area contributed by atoms with Crippen LogP contribution in [-0.2, 0) is 0 Å². The van der Waals surface area contributed by atoms with Gasteiger partial charge in [0, 0.05) is 12.6 Å². The second-order valence-corrected chi connectivity index (χ2v) is 8.42.